The van der Waals surface area contributed by atoms with Gasteiger partial charge in [-0.25, -0.2) is 0 Å². The van der Waals surface area contributed by atoms with E-state index in [4.69, 9.17) is 4.52 Å². The molecule has 2 aromatic heterocycles. The maximum absolute atomic E-state index is 12.1. The van der Waals surface area contributed by atoms with Gasteiger partial charge in [-0.05, 0) is 19.9 Å². The third-order valence-corrected chi connectivity index (χ3v) is 3.53. The van der Waals surface area contributed by atoms with Crippen LogP contribution in [0.2, 0.25) is 0 Å². The first-order valence-corrected chi connectivity index (χ1v) is 7.50. The second kappa shape index (κ2) is 6.48. The molecule has 0 unspecified atom stereocenters. The van der Waals surface area contributed by atoms with E-state index in [9.17, 15) is 4.79 Å². The van der Waals surface area contributed by atoms with E-state index in [0.29, 0.717) is 12.3 Å². The van der Waals surface area contributed by atoms with E-state index in [2.05, 4.69) is 15.6 Å². The smallest absolute Gasteiger partial charge is 0.273 e. The standard InChI is InChI=1S/C17H18N4O2/c1-3-21-9-8-14(19-21)11-18-17(22)15-10-16(23-20-15)13-6-4-12(2)5-7-13/h4-10H,3,11H2,1-2H3,(H,18,22). The van der Waals surface area contributed by atoms with Crippen LogP contribution in [0.5, 0.6) is 0 Å². The number of hydrogen-bond donors (Lipinski definition) is 1. The minimum absolute atomic E-state index is 0.260. The van der Waals surface area contributed by atoms with E-state index in [0.717, 1.165) is 23.4 Å². The number of nitrogens with one attached hydrogen (secondary N) is 1. The third-order valence-electron chi connectivity index (χ3n) is 3.53. The van der Waals surface area contributed by atoms with Crippen LogP contribution in [0.25, 0.3) is 11.3 Å². The van der Waals surface area contributed by atoms with E-state index in [1.807, 2.05) is 55.1 Å². The molecule has 0 bridgehead atoms. The molecular weight excluding hydrogens is 292 g/mol. The lowest BCUT2D eigenvalue weighted by Crippen LogP contribution is -2.23. The van der Waals surface area contributed by atoms with Gasteiger partial charge in [-0.1, -0.05) is 35.0 Å². The van der Waals surface area contributed by atoms with Gasteiger partial charge in [0, 0.05) is 24.4 Å². The topological polar surface area (TPSA) is 73.0 Å². The van der Waals surface area contributed by atoms with Crippen LogP contribution in [-0.2, 0) is 13.1 Å². The fraction of sp³-hybridized carbons (Fsp3) is 0.235. The van der Waals surface area contributed by atoms with Crippen molar-refractivity contribution in [2.24, 2.45) is 0 Å². The molecule has 0 aliphatic carbocycles. The zero-order valence-corrected chi connectivity index (χ0v) is 13.1. The van der Waals surface area contributed by atoms with Gasteiger partial charge in [0.1, 0.15) is 0 Å². The van der Waals surface area contributed by atoms with Crippen molar-refractivity contribution in [3.8, 4) is 11.3 Å². The lowest BCUT2D eigenvalue weighted by atomic mass is 10.1. The average molecular weight is 310 g/mol. The Kier molecular flexibility index (Phi) is 4.23. The molecule has 23 heavy (non-hydrogen) atoms. The van der Waals surface area contributed by atoms with Crippen LogP contribution in [-0.4, -0.2) is 20.8 Å². The second-order valence-electron chi connectivity index (χ2n) is 5.29. The summed E-state index contributed by atoms with van der Waals surface area (Å²) < 4.78 is 7.07. The van der Waals surface area contributed by atoms with E-state index < -0.39 is 0 Å². The normalized spacial score (nSPS) is 10.7. The molecule has 1 aromatic carbocycles. The first-order valence-electron chi connectivity index (χ1n) is 7.50. The van der Waals surface area contributed by atoms with Crippen molar-refractivity contribution >= 4 is 5.91 Å². The van der Waals surface area contributed by atoms with E-state index in [1.54, 1.807) is 6.07 Å². The minimum atomic E-state index is -0.279. The molecule has 0 atom stereocenters. The zero-order chi connectivity index (χ0) is 16.2. The van der Waals surface area contributed by atoms with Crippen molar-refractivity contribution in [1.29, 1.82) is 0 Å². The average Bonchev–Trinajstić information content (AvgIpc) is 3.22. The fourth-order valence-electron chi connectivity index (χ4n) is 2.17. The van der Waals surface area contributed by atoms with Gasteiger partial charge in [-0.3, -0.25) is 9.48 Å². The molecule has 1 N–H and O–H groups in total. The van der Waals surface area contributed by atoms with E-state index in [1.165, 1.54) is 0 Å². The summed E-state index contributed by atoms with van der Waals surface area (Å²) in [5.41, 5.74) is 3.12. The predicted octanol–water partition coefficient (Wildman–Crippen LogP) is 2.80. The minimum Gasteiger partial charge on any atom is -0.355 e. The molecule has 0 aliphatic rings. The number of aryl methyl sites for hydroxylation is 2. The molecule has 2 heterocycles. The summed E-state index contributed by atoms with van der Waals surface area (Å²) in [6.45, 7) is 5.19. The van der Waals surface area contributed by atoms with Gasteiger partial charge >= 0.3 is 0 Å². The molecule has 0 spiro atoms. The lowest BCUT2D eigenvalue weighted by Gasteiger charge is -1.99. The van der Waals surface area contributed by atoms with Gasteiger partial charge in [-0.15, -0.1) is 0 Å². The number of amides is 1. The van der Waals surface area contributed by atoms with Crippen LogP contribution in [0.15, 0.2) is 47.1 Å². The molecule has 6 heteroatoms. The highest BCUT2D eigenvalue weighted by Gasteiger charge is 2.13. The number of carbonyl (C=O) groups excluding carboxylic acids is 1. The maximum atomic E-state index is 12.1. The molecule has 0 fully saturated rings. The van der Waals surface area contributed by atoms with Crippen LogP contribution in [0.1, 0.15) is 28.7 Å². The van der Waals surface area contributed by atoms with Crippen LogP contribution in [0.3, 0.4) is 0 Å². The molecule has 0 saturated heterocycles. The third kappa shape index (κ3) is 3.48. The highest BCUT2D eigenvalue weighted by Crippen LogP contribution is 2.20. The molecule has 118 valence electrons. The van der Waals surface area contributed by atoms with Crippen molar-refractivity contribution in [2.75, 3.05) is 0 Å². The Labute approximate surface area is 134 Å². The Morgan fingerprint density at radius 1 is 1.26 bits per heavy atom. The van der Waals surface area contributed by atoms with Gasteiger partial charge in [-0.2, -0.15) is 5.10 Å². The molecule has 6 nitrogen and oxygen atoms in total. The Morgan fingerprint density at radius 2 is 2.04 bits per heavy atom. The molecule has 0 saturated carbocycles. The van der Waals surface area contributed by atoms with Crippen LogP contribution >= 0.6 is 0 Å². The number of hydrogen-bond acceptors (Lipinski definition) is 4. The SMILES string of the molecule is CCn1ccc(CNC(=O)c2cc(-c3ccc(C)cc3)on2)n1. The monoisotopic (exact) mass is 310 g/mol. The molecule has 0 aliphatic heterocycles. The van der Waals surface area contributed by atoms with Crippen molar-refractivity contribution < 1.29 is 9.32 Å². The van der Waals surface area contributed by atoms with E-state index in [-0.39, 0.29) is 11.6 Å². The quantitative estimate of drug-likeness (QED) is 0.786. The van der Waals surface area contributed by atoms with Gasteiger partial charge in [0.2, 0.25) is 0 Å². The summed E-state index contributed by atoms with van der Waals surface area (Å²) in [7, 11) is 0. The highest BCUT2D eigenvalue weighted by molar-refractivity contribution is 5.93. The molecular formula is C17H18N4O2. The maximum Gasteiger partial charge on any atom is 0.273 e. The van der Waals surface area contributed by atoms with Gasteiger partial charge in [0.25, 0.3) is 5.91 Å². The first-order chi connectivity index (χ1) is 11.2. The summed E-state index contributed by atoms with van der Waals surface area (Å²) in [5.74, 6) is 0.295. The summed E-state index contributed by atoms with van der Waals surface area (Å²) >= 11 is 0. The van der Waals surface area contributed by atoms with Crippen molar-refractivity contribution in [1.82, 2.24) is 20.3 Å². The molecule has 0 radical (unpaired) electrons. The van der Waals surface area contributed by atoms with Crippen LogP contribution in [0.4, 0.5) is 0 Å². The van der Waals surface area contributed by atoms with Gasteiger partial charge in [0.15, 0.2) is 11.5 Å². The predicted molar refractivity (Wildman–Crippen MR) is 85.7 cm³/mol. The molecule has 3 aromatic rings. The fourth-order valence-corrected chi connectivity index (χ4v) is 2.17. The lowest BCUT2D eigenvalue weighted by molar-refractivity contribution is 0.0941. The van der Waals surface area contributed by atoms with Crippen LogP contribution in [0, 0.1) is 6.92 Å². The number of nitrogens with zero attached hydrogens (tertiary/aromatic N) is 3. The first kappa shape index (κ1) is 15.0. The number of carbonyl (C=O) groups is 1. The van der Waals surface area contributed by atoms with Crippen molar-refractivity contribution in [3.63, 3.8) is 0 Å². The van der Waals surface area contributed by atoms with Crippen molar-refractivity contribution in [2.45, 2.75) is 26.9 Å². The van der Waals surface area contributed by atoms with Gasteiger partial charge in [0.05, 0.1) is 12.2 Å². The zero-order valence-electron chi connectivity index (χ0n) is 13.1. The number of rotatable bonds is 5. The Balaban J connectivity index is 1.65. The summed E-state index contributed by atoms with van der Waals surface area (Å²) in [6.07, 6.45) is 1.88. The summed E-state index contributed by atoms with van der Waals surface area (Å²) in [4.78, 5) is 12.1. The van der Waals surface area contributed by atoms with Crippen LogP contribution < -0.4 is 5.32 Å². The number of benzene rings is 1. The van der Waals surface area contributed by atoms with Gasteiger partial charge < -0.3 is 9.84 Å². The van der Waals surface area contributed by atoms with Crippen molar-refractivity contribution in [3.05, 3.63) is 59.5 Å². The molecule has 1 amide bonds. The van der Waals surface area contributed by atoms with E-state index >= 15 is 0 Å². The number of aromatic nitrogens is 3. The largest absolute Gasteiger partial charge is 0.355 e. The molecule has 3 rings (SSSR count). The summed E-state index contributed by atoms with van der Waals surface area (Å²) in [6, 6.07) is 11.4. The second-order valence-corrected chi connectivity index (χ2v) is 5.29. The Morgan fingerprint density at radius 3 is 2.74 bits per heavy atom. The Hall–Kier alpha value is -2.89. The highest BCUT2D eigenvalue weighted by atomic mass is 16.5. The summed E-state index contributed by atoms with van der Waals surface area (Å²) in [5, 5.41) is 10.9. The Bertz CT molecular complexity index is 802.